The number of hydrogen-bond donors (Lipinski definition) is 0. The van der Waals surface area contributed by atoms with Crippen LogP contribution >= 0.6 is 23.2 Å². The molecule has 1 rings (SSSR count). The summed E-state index contributed by atoms with van der Waals surface area (Å²) in [5.74, 6) is 0.530. The number of ether oxygens (including phenoxy) is 1. The van der Waals surface area contributed by atoms with Gasteiger partial charge < -0.3 is 4.74 Å². The highest BCUT2D eigenvalue weighted by Crippen LogP contribution is 2.31. The van der Waals surface area contributed by atoms with E-state index in [0.717, 1.165) is 12.0 Å². The summed E-state index contributed by atoms with van der Waals surface area (Å²) in [6, 6.07) is 6.36. The van der Waals surface area contributed by atoms with Gasteiger partial charge in [-0.1, -0.05) is 12.1 Å². The molecule has 0 aliphatic rings. The van der Waals surface area contributed by atoms with E-state index in [2.05, 4.69) is 0 Å². The van der Waals surface area contributed by atoms with Crippen molar-refractivity contribution in [3.63, 3.8) is 0 Å². The van der Waals surface area contributed by atoms with Crippen molar-refractivity contribution in [1.29, 1.82) is 0 Å². The second-order valence-corrected chi connectivity index (χ2v) is 5.26. The molecule has 1 aromatic carbocycles. The van der Waals surface area contributed by atoms with Gasteiger partial charge in [0.15, 0.2) is 0 Å². The van der Waals surface area contributed by atoms with Crippen molar-refractivity contribution in [2.75, 3.05) is 18.4 Å². The number of benzene rings is 1. The van der Waals surface area contributed by atoms with Crippen molar-refractivity contribution in [3.8, 4) is 0 Å². The third-order valence-electron chi connectivity index (χ3n) is 3.00. The summed E-state index contributed by atoms with van der Waals surface area (Å²) >= 11 is 12.2. The van der Waals surface area contributed by atoms with Crippen LogP contribution in [-0.4, -0.2) is 24.5 Å². The lowest BCUT2D eigenvalue weighted by molar-refractivity contribution is 0.0677. The van der Waals surface area contributed by atoms with Crippen LogP contribution in [0.2, 0.25) is 0 Å². The molecule has 4 heteroatoms. The predicted molar refractivity (Wildman–Crippen MR) is 75.2 cm³/mol. The fourth-order valence-corrected chi connectivity index (χ4v) is 2.62. The third-order valence-corrected chi connectivity index (χ3v) is 4.02. The molecule has 0 unspecified atom stereocenters. The Kier molecular flexibility index (Phi) is 6.40. The highest BCUT2D eigenvalue weighted by atomic mass is 35.5. The Bertz CT molecular complexity index is 347. The van der Waals surface area contributed by atoms with Crippen molar-refractivity contribution in [2.45, 2.75) is 31.8 Å². The van der Waals surface area contributed by atoms with Gasteiger partial charge in [0, 0.05) is 23.8 Å². The number of alkyl halides is 2. The first-order chi connectivity index (χ1) is 8.54. The summed E-state index contributed by atoms with van der Waals surface area (Å²) < 4.78 is 18.5. The average molecular weight is 293 g/mol. The minimum atomic E-state index is -0.355. The first-order valence-electron chi connectivity index (χ1n) is 6.03. The Hall–Kier alpha value is -0.310. The van der Waals surface area contributed by atoms with Crippen molar-refractivity contribution < 1.29 is 9.13 Å². The maximum atomic E-state index is 12.9. The topological polar surface area (TPSA) is 9.23 Å². The van der Waals surface area contributed by atoms with Crippen LogP contribution in [0.3, 0.4) is 0 Å². The maximum Gasteiger partial charge on any atom is 0.123 e. The van der Waals surface area contributed by atoms with Crippen LogP contribution in [0.25, 0.3) is 0 Å². The zero-order valence-corrected chi connectivity index (χ0v) is 12.3. The average Bonchev–Trinajstić information content (AvgIpc) is 2.36. The summed E-state index contributed by atoms with van der Waals surface area (Å²) in [7, 11) is 0. The Morgan fingerprint density at radius 1 is 1.17 bits per heavy atom. The lowest BCUT2D eigenvalue weighted by Crippen LogP contribution is -2.32. The molecule has 1 nitrogen and oxygen atoms in total. The summed E-state index contributed by atoms with van der Waals surface area (Å²) in [5, 5.41) is 0. The van der Waals surface area contributed by atoms with Crippen LogP contribution in [-0.2, 0) is 10.2 Å². The van der Waals surface area contributed by atoms with Crippen molar-refractivity contribution >= 4 is 23.2 Å². The van der Waals surface area contributed by atoms with Gasteiger partial charge in [-0.15, -0.1) is 23.2 Å². The van der Waals surface area contributed by atoms with Gasteiger partial charge in [0.05, 0.1) is 6.10 Å². The molecule has 0 saturated carbocycles. The van der Waals surface area contributed by atoms with Gasteiger partial charge in [-0.2, -0.15) is 0 Å². The Balaban J connectivity index is 2.81. The molecule has 0 aliphatic heterocycles. The summed E-state index contributed by atoms with van der Waals surface area (Å²) in [5.41, 5.74) is 0.604. The number of hydrogen-bond acceptors (Lipinski definition) is 1. The second-order valence-electron chi connectivity index (χ2n) is 4.72. The summed E-state index contributed by atoms with van der Waals surface area (Å²) in [6.45, 7) is 4.57. The van der Waals surface area contributed by atoms with Crippen molar-refractivity contribution in [3.05, 3.63) is 35.6 Å². The molecule has 0 spiro atoms. The Morgan fingerprint density at radius 2 is 1.72 bits per heavy atom. The molecule has 102 valence electrons. The van der Waals surface area contributed by atoms with Crippen LogP contribution in [0.1, 0.15) is 25.8 Å². The van der Waals surface area contributed by atoms with E-state index in [9.17, 15) is 4.39 Å². The monoisotopic (exact) mass is 292 g/mol. The van der Waals surface area contributed by atoms with Gasteiger partial charge in [0.2, 0.25) is 0 Å². The molecule has 18 heavy (non-hydrogen) atoms. The van der Waals surface area contributed by atoms with Gasteiger partial charge in [-0.3, -0.25) is 0 Å². The smallest absolute Gasteiger partial charge is 0.123 e. The minimum absolute atomic E-state index is 0.182. The number of rotatable bonds is 7. The Labute approximate surface area is 118 Å². The van der Waals surface area contributed by atoms with Crippen LogP contribution in [0.4, 0.5) is 4.39 Å². The maximum absolute atomic E-state index is 12.9. The van der Waals surface area contributed by atoms with E-state index in [1.165, 1.54) is 12.1 Å². The molecular formula is C14H19Cl2FO. The van der Waals surface area contributed by atoms with Crippen LogP contribution < -0.4 is 0 Å². The molecule has 0 aromatic heterocycles. The Morgan fingerprint density at radius 3 is 2.17 bits per heavy atom. The van der Waals surface area contributed by atoms with Crippen LogP contribution in [0.5, 0.6) is 0 Å². The third kappa shape index (κ3) is 4.11. The van der Waals surface area contributed by atoms with Gasteiger partial charge >= 0.3 is 0 Å². The highest BCUT2D eigenvalue weighted by molar-refractivity contribution is 6.22. The predicted octanol–water partition coefficient (Wildman–Crippen LogP) is 4.36. The molecule has 0 fully saturated rings. The van der Waals surface area contributed by atoms with Gasteiger partial charge in [0.25, 0.3) is 0 Å². The fourth-order valence-electron chi connectivity index (χ4n) is 1.76. The lowest BCUT2D eigenvalue weighted by atomic mass is 9.81. The molecule has 0 bridgehead atoms. The van der Waals surface area contributed by atoms with Gasteiger partial charge in [-0.05, 0) is 38.0 Å². The van der Waals surface area contributed by atoms with Crippen LogP contribution in [0.15, 0.2) is 24.3 Å². The number of halogens is 3. The highest BCUT2D eigenvalue weighted by Gasteiger charge is 2.30. The minimum Gasteiger partial charge on any atom is -0.379 e. The van der Waals surface area contributed by atoms with Gasteiger partial charge in [0.1, 0.15) is 5.82 Å². The SMILES string of the molecule is CC(C)OCCC(CCl)(CCl)c1ccc(F)cc1. The molecule has 0 saturated heterocycles. The van der Waals surface area contributed by atoms with E-state index < -0.39 is 0 Å². The summed E-state index contributed by atoms with van der Waals surface area (Å²) in [4.78, 5) is 0. The second kappa shape index (κ2) is 7.32. The quantitative estimate of drug-likeness (QED) is 0.679. The molecule has 0 amide bonds. The van der Waals surface area contributed by atoms with Crippen LogP contribution in [0, 0.1) is 5.82 Å². The molecule has 0 heterocycles. The van der Waals surface area contributed by atoms with Gasteiger partial charge in [-0.25, -0.2) is 4.39 Å². The van der Waals surface area contributed by atoms with Crippen molar-refractivity contribution in [2.24, 2.45) is 0 Å². The van der Waals surface area contributed by atoms with E-state index in [1.54, 1.807) is 12.1 Å². The van der Waals surface area contributed by atoms with Crippen molar-refractivity contribution in [1.82, 2.24) is 0 Å². The fraction of sp³-hybridized carbons (Fsp3) is 0.571. The van der Waals surface area contributed by atoms with E-state index in [-0.39, 0.29) is 17.3 Å². The first kappa shape index (κ1) is 15.7. The van der Waals surface area contributed by atoms with E-state index >= 15 is 0 Å². The normalized spacial score (nSPS) is 12.1. The molecule has 0 aliphatic carbocycles. The van der Waals surface area contributed by atoms with E-state index in [1.807, 2.05) is 13.8 Å². The molecular weight excluding hydrogens is 274 g/mol. The summed E-state index contributed by atoms with van der Waals surface area (Å²) in [6.07, 6.45) is 0.908. The molecule has 0 N–H and O–H groups in total. The molecule has 0 radical (unpaired) electrons. The lowest BCUT2D eigenvalue weighted by Gasteiger charge is -2.30. The van der Waals surface area contributed by atoms with E-state index in [4.69, 9.17) is 27.9 Å². The molecule has 1 aromatic rings. The zero-order valence-electron chi connectivity index (χ0n) is 10.8. The zero-order chi connectivity index (χ0) is 13.6. The van der Waals surface area contributed by atoms with E-state index in [0.29, 0.717) is 18.4 Å². The molecule has 0 atom stereocenters. The standard InChI is InChI=1S/C14H19Cl2FO/c1-11(2)18-8-7-14(9-15,10-16)12-3-5-13(17)6-4-12/h3-6,11H,7-10H2,1-2H3. The first-order valence-corrected chi connectivity index (χ1v) is 7.10. The largest absolute Gasteiger partial charge is 0.379 e.